The van der Waals surface area contributed by atoms with Crippen molar-refractivity contribution in [2.24, 2.45) is 0 Å². The summed E-state index contributed by atoms with van der Waals surface area (Å²) in [6.07, 6.45) is 3.35. The van der Waals surface area contributed by atoms with Crippen LogP contribution in [-0.4, -0.2) is 16.0 Å². The number of hydrogen-bond acceptors (Lipinski definition) is 1. The van der Waals surface area contributed by atoms with E-state index < -0.39 is 0 Å². The second-order valence-electron chi connectivity index (χ2n) is 3.86. The van der Waals surface area contributed by atoms with E-state index in [2.05, 4.69) is 24.3 Å². The Kier molecular flexibility index (Phi) is 4.24. The fourth-order valence-electron chi connectivity index (χ4n) is 1.87. The first-order valence-electron chi connectivity index (χ1n) is 5.27. The standard InChI is InChI=1S/C12H14Cl2S/c13-10-7-4-8-11(14)12(10)15-9-5-2-1-3-6-9/h1-3,5-6,10-12H,4,7-8H2. The largest absolute Gasteiger partial charge is 0.122 e. The predicted molar refractivity (Wildman–Crippen MR) is 69.2 cm³/mol. The molecule has 2 atom stereocenters. The van der Waals surface area contributed by atoms with Crippen molar-refractivity contribution in [3.63, 3.8) is 0 Å². The average Bonchev–Trinajstić information content (AvgIpc) is 2.25. The molecule has 0 aliphatic heterocycles. The van der Waals surface area contributed by atoms with Crippen molar-refractivity contribution in [3.8, 4) is 0 Å². The topological polar surface area (TPSA) is 0 Å². The van der Waals surface area contributed by atoms with Crippen LogP contribution in [0, 0.1) is 0 Å². The van der Waals surface area contributed by atoms with E-state index in [9.17, 15) is 0 Å². The molecule has 0 aromatic heterocycles. The number of halogens is 2. The van der Waals surface area contributed by atoms with E-state index in [1.807, 2.05) is 17.8 Å². The molecule has 0 N–H and O–H groups in total. The smallest absolute Gasteiger partial charge is 0.0472 e. The molecule has 0 amide bonds. The molecule has 0 nitrogen and oxygen atoms in total. The molecular weight excluding hydrogens is 247 g/mol. The average molecular weight is 261 g/mol. The molecule has 1 aromatic carbocycles. The zero-order chi connectivity index (χ0) is 10.7. The molecule has 0 radical (unpaired) electrons. The number of rotatable bonds is 2. The molecule has 1 aliphatic carbocycles. The van der Waals surface area contributed by atoms with Crippen molar-refractivity contribution in [2.45, 2.75) is 40.2 Å². The van der Waals surface area contributed by atoms with Crippen LogP contribution >= 0.6 is 35.0 Å². The second kappa shape index (κ2) is 5.47. The fraction of sp³-hybridized carbons (Fsp3) is 0.500. The van der Waals surface area contributed by atoms with Crippen LogP contribution in [0.15, 0.2) is 35.2 Å². The van der Waals surface area contributed by atoms with Gasteiger partial charge in [0.15, 0.2) is 0 Å². The molecule has 1 fully saturated rings. The van der Waals surface area contributed by atoms with E-state index in [-0.39, 0.29) is 10.8 Å². The summed E-state index contributed by atoms with van der Waals surface area (Å²) >= 11 is 14.5. The van der Waals surface area contributed by atoms with Crippen LogP contribution in [-0.2, 0) is 0 Å². The third kappa shape index (κ3) is 3.05. The molecular formula is C12H14Cl2S. The summed E-state index contributed by atoms with van der Waals surface area (Å²) in [7, 11) is 0. The minimum Gasteiger partial charge on any atom is -0.122 e. The van der Waals surface area contributed by atoms with Crippen molar-refractivity contribution < 1.29 is 0 Å². The number of alkyl halides is 2. The maximum atomic E-state index is 6.32. The van der Waals surface area contributed by atoms with Crippen LogP contribution in [0.3, 0.4) is 0 Å². The molecule has 0 bridgehead atoms. The van der Waals surface area contributed by atoms with Crippen molar-refractivity contribution in [1.82, 2.24) is 0 Å². The van der Waals surface area contributed by atoms with Gasteiger partial charge in [0.1, 0.15) is 0 Å². The lowest BCUT2D eigenvalue weighted by Crippen LogP contribution is -2.32. The first-order chi connectivity index (χ1) is 7.27. The van der Waals surface area contributed by atoms with Crippen LogP contribution in [0.25, 0.3) is 0 Å². The second-order valence-corrected chi connectivity index (χ2v) is 6.23. The zero-order valence-corrected chi connectivity index (χ0v) is 10.7. The highest BCUT2D eigenvalue weighted by molar-refractivity contribution is 8.00. The van der Waals surface area contributed by atoms with E-state index >= 15 is 0 Å². The highest BCUT2D eigenvalue weighted by atomic mass is 35.5. The van der Waals surface area contributed by atoms with E-state index in [1.54, 1.807) is 0 Å². The number of hydrogen-bond donors (Lipinski definition) is 0. The molecule has 2 rings (SSSR count). The highest BCUT2D eigenvalue weighted by Crippen LogP contribution is 2.38. The normalized spacial score (nSPS) is 31.5. The quantitative estimate of drug-likeness (QED) is 0.704. The molecule has 15 heavy (non-hydrogen) atoms. The molecule has 0 heterocycles. The lowest BCUT2D eigenvalue weighted by atomic mass is 9.99. The summed E-state index contributed by atoms with van der Waals surface area (Å²) in [5, 5.41) is 0.780. The van der Waals surface area contributed by atoms with Gasteiger partial charge in [-0.1, -0.05) is 24.6 Å². The van der Waals surface area contributed by atoms with Gasteiger partial charge < -0.3 is 0 Å². The van der Waals surface area contributed by atoms with Gasteiger partial charge in [0.2, 0.25) is 0 Å². The zero-order valence-electron chi connectivity index (χ0n) is 8.40. The van der Waals surface area contributed by atoms with Gasteiger partial charge in [-0.2, -0.15) is 0 Å². The van der Waals surface area contributed by atoms with Crippen LogP contribution < -0.4 is 0 Å². The first-order valence-corrected chi connectivity index (χ1v) is 7.02. The van der Waals surface area contributed by atoms with Crippen LogP contribution in [0.1, 0.15) is 19.3 Å². The number of benzene rings is 1. The summed E-state index contributed by atoms with van der Waals surface area (Å²) in [4.78, 5) is 1.26. The van der Waals surface area contributed by atoms with Crippen molar-refractivity contribution in [1.29, 1.82) is 0 Å². The lowest BCUT2D eigenvalue weighted by molar-refractivity contribution is 0.529. The highest BCUT2D eigenvalue weighted by Gasteiger charge is 2.31. The molecule has 3 heteroatoms. The Balaban J connectivity index is 2.03. The van der Waals surface area contributed by atoms with Gasteiger partial charge in [-0.15, -0.1) is 35.0 Å². The Bertz CT molecular complexity index is 292. The summed E-state index contributed by atoms with van der Waals surface area (Å²) in [5.41, 5.74) is 0. The third-order valence-electron chi connectivity index (χ3n) is 2.69. The molecule has 1 aliphatic rings. The molecule has 1 aromatic rings. The lowest BCUT2D eigenvalue weighted by Gasteiger charge is -2.30. The van der Waals surface area contributed by atoms with Crippen LogP contribution in [0.2, 0.25) is 0 Å². The van der Waals surface area contributed by atoms with E-state index in [4.69, 9.17) is 23.2 Å². The Morgan fingerprint density at radius 2 is 1.60 bits per heavy atom. The Labute approximate surface area is 105 Å². The number of thioether (sulfide) groups is 1. The molecule has 82 valence electrons. The van der Waals surface area contributed by atoms with E-state index in [0.29, 0.717) is 5.25 Å². The predicted octanol–water partition coefficient (Wildman–Crippen LogP) is 4.55. The van der Waals surface area contributed by atoms with Crippen molar-refractivity contribution >= 4 is 35.0 Å². The van der Waals surface area contributed by atoms with Gasteiger partial charge in [-0.25, -0.2) is 0 Å². The van der Waals surface area contributed by atoms with Crippen molar-refractivity contribution in [3.05, 3.63) is 30.3 Å². The maximum Gasteiger partial charge on any atom is 0.0472 e. The van der Waals surface area contributed by atoms with Gasteiger partial charge in [0.05, 0.1) is 0 Å². The monoisotopic (exact) mass is 260 g/mol. The summed E-state index contributed by atoms with van der Waals surface area (Å²) in [6, 6.07) is 10.4. The first kappa shape index (κ1) is 11.6. The summed E-state index contributed by atoms with van der Waals surface area (Å²) in [5.74, 6) is 0. The van der Waals surface area contributed by atoms with E-state index in [0.717, 1.165) is 19.3 Å². The van der Waals surface area contributed by atoms with Crippen molar-refractivity contribution in [2.75, 3.05) is 0 Å². The van der Waals surface area contributed by atoms with Crippen LogP contribution in [0.5, 0.6) is 0 Å². The molecule has 0 saturated heterocycles. The Morgan fingerprint density at radius 1 is 1.00 bits per heavy atom. The third-order valence-corrected chi connectivity index (χ3v) is 5.44. The van der Waals surface area contributed by atoms with Gasteiger partial charge in [-0.05, 0) is 25.0 Å². The van der Waals surface area contributed by atoms with Gasteiger partial charge in [0.25, 0.3) is 0 Å². The molecule has 1 saturated carbocycles. The van der Waals surface area contributed by atoms with Crippen LogP contribution in [0.4, 0.5) is 0 Å². The van der Waals surface area contributed by atoms with Gasteiger partial charge in [-0.3, -0.25) is 0 Å². The summed E-state index contributed by atoms with van der Waals surface area (Å²) < 4.78 is 0. The van der Waals surface area contributed by atoms with Gasteiger partial charge >= 0.3 is 0 Å². The maximum absolute atomic E-state index is 6.32. The molecule has 2 unspecified atom stereocenters. The Hall–Kier alpha value is 0.150. The van der Waals surface area contributed by atoms with E-state index in [1.165, 1.54) is 4.90 Å². The fourth-order valence-corrected chi connectivity index (χ4v) is 4.11. The molecule has 0 spiro atoms. The minimum absolute atomic E-state index is 0.214. The SMILES string of the molecule is ClC1CCCC(Cl)C1Sc1ccccc1. The summed E-state index contributed by atoms with van der Waals surface area (Å²) in [6.45, 7) is 0. The minimum atomic E-state index is 0.214. The van der Waals surface area contributed by atoms with Gasteiger partial charge in [0, 0.05) is 20.9 Å². The Morgan fingerprint density at radius 3 is 2.20 bits per heavy atom.